The van der Waals surface area contributed by atoms with Gasteiger partial charge in [0, 0.05) is 30.1 Å². The van der Waals surface area contributed by atoms with Crippen molar-refractivity contribution in [3.05, 3.63) is 47.4 Å². The Hall–Kier alpha value is -2.18. The topological polar surface area (TPSA) is 53.1 Å². The van der Waals surface area contributed by atoms with Crippen molar-refractivity contribution in [2.75, 3.05) is 51.3 Å². The summed E-state index contributed by atoms with van der Waals surface area (Å²) in [5.74, 6) is 1.40. The van der Waals surface area contributed by atoms with Gasteiger partial charge >= 0.3 is 0 Å². The first-order valence-electron chi connectivity index (χ1n) is 9.77. The van der Waals surface area contributed by atoms with E-state index in [0.717, 1.165) is 48.9 Å². The van der Waals surface area contributed by atoms with Gasteiger partial charge in [-0.2, -0.15) is 0 Å². The zero-order chi connectivity index (χ0) is 19.4. The van der Waals surface area contributed by atoms with Gasteiger partial charge in [0.1, 0.15) is 32.7 Å². The maximum atomic E-state index is 12.9. The largest absolute Gasteiger partial charge is 0.383 e. The lowest BCUT2D eigenvalue weighted by molar-refractivity contribution is -0.892. The summed E-state index contributed by atoms with van der Waals surface area (Å²) >= 11 is 0. The van der Waals surface area contributed by atoms with Crippen LogP contribution in [0.2, 0.25) is 0 Å². The van der Waals surface area contributed by atoms with Crippen molar-refractivity contribution in [1.82, 2.24) is 4.57 Å². The van der Waals surface area contributed by atoms with Crippen LogP contribution in [0.25, 0.3) is 0 Å². The number of carbonyl (C=O) groups is 1. The molecule has 2 aromatic heterocycles. The Morgan fingerprint density at radius 1 is 1.30 bits per heavy atom. The molecule has 1 fully saturated rings. The molecule has 0 unspecified atom stereocenters. The first-order chi connectivity index (χ1) is 13.0. The maximum Gasteiger partial charge on any atom is 0.274 e. The number of rotatable bonds is 7. The van der Waals surface area contributed by atoms with Crippen LogP contribution in [-0.4, -0.2) is 56.8 Å². The number of ketones is 1. The van der Waals surface area contributed by atoms with Crippen molar-refractivity contribution in [2.45, 2.75) is 26.8 Å². The van der Waals surface area contributed by atoms with Crippen LogP contribution in [-0.2, 0) is 4.74 Å². The van der Waals surface area contributed by atoms with Gasteiger partial charge < -0.3 is 14.2 Å². The van der Waals surface area contributed by atoms with Gasteiger partial charge in [-0.15, -0.1) is 0 Å². The van der Waals surface area contributed by atoms with Crippen LogP contribution in [0.15, 0.2) is 30.5 Å². The van der Waals surface area contributed by atoms with Crippen LogP contribution < -0.4 is 14.8 Å². The number of quaternary nitrogens is 1. The summed E-state index contributed by atoms with van der Waals surface area (Å²) in [5, 5.41) is 0. The van der Waals surface area contributed by atoms with Gasteiger partial charge in [0.2, 0.25) is 5.78 Å². The highest BCUT2D eigenvalue weighted by Gasteiger charge is 2.28. The Bertz CT molecular complexity index is 764. The van der Waals surface area contributed by atoms with E-state index < -0.39 is 0 Å². The molecule has 1 saturated heterocycles. The molecule has 6 nitrogen and oxygen atoms in total. The van der Waals surface area contributed by atoms with Crippen molar-refractivity contribution in [2.24, 2.45) is 0 Å². The summed E-state index contributed by atoms with van der Waals surface area (Å²) in [7, 11) is 1.72. The smallest absolute Gasteiger partial charge is 0.274 e. The summed E-state index contributed by atoms with van der Waals surface area (Å²) in [4.78, 5) is 20.0. The van der Waals surface area contributed by atoms with E-state index in [4.69, 9.17) is 4.74 Å². The van der Waals surface area contributed by atoms with Crippen LogP contribution in [0.5, 0.6) is 0 Å². The lowest BCUT2D eigenvalue weighted by Gasteiger charge is -2.27. The van der Waals surface area contributed by atoms with Crippen molar-refractivity contribution < 1.29 is 19.4 Å². The van der Waals surface area contributed by atoms with E-state index in [1.165, 1.54) is 4.90 Å². The fourth-order valence-corrected chi connectivity index (χ4v) is 4.20. The summed E-state index contributed by atoms with van der Waals surface area (Å²) < 4.78 is 7.51. The van der Waals surface area contributed by atoms with Crippen LogP contribution in [0.4, 0.5) is 5.82 Å². The zero-order valence-corrected chi connectivity index (χ0v) is 16.9. The number of aromatic amines is 1. The van der Waals surface area contributed by atoms with Crippen LogP contribution in [0.3, 0.4) is 0 Å². The number of aromatic nitrogens is 2. The molecule has 3 rings (SSSR count). The van der Waals surface area contributed by atoms with Crippen molar-refractivity contribution in [3.8, 4) is 0 Å². The molecule has 0 bridgehead atoms. The Kier molecular flexibility index (Phi) is 6.29. The first kappa shape index (κ1) is 19.6. The number of hydrogen-bond donors (Lipinski definition) is 1. The van der Waals surface area contributed by atoms with Crippen molar-refractivity contribution in [3.63, 3.8) is 0 Å². The number of pyridine rings is 1. The number of piperazine rings is 1. The predicted molar refractivity (Wildman–Crippen MR) is 106 cm³/mol. The molecule has 146 valence electrons. The number of hydrogen-bond acceptors (Lipinski definition) is 3. The number of nitrogens with zero attached hydrogens (tertiary/aromatic N) is 2. The monoisotopic (exact) mass is 372 g/mol. The van der Waals surface area contributed by atoms with Crippen molar-refractivity contribution >= 4 is 11.6 Å². The SMILES string of the molecule is COC[C@H](C)n1c(C)cc(C(=O)C[NH+]2CCN(c3cccc[nH+]3)CC2)c1C. The number of carbonyl (C=O) groups excluding carboxylic acids is 1. The van der Waals surface area contributed by atoms with Gasteiger partial charge in [-0.3, -0.25) is 9.69 Å². The number of ether oxygens (including phenoxy) is 1. The lowest BCUT2D eigenvalue weighted by Crippen LogP contribution is -3.15. The van der Waals surface area contributed by atoms with E-state index in [-0.39, 0.29) is 11.8 Å². The second-order valence-electron chi connectivity index (χ2n) is 7.54. The van der Waals surface area contributed by atoms with E-state index in [9.17, 15) is 4.79 Å². The average Bonchev–Trinajstić information content (AvgIpc) is 2.97. The van der Waals surface area contributed by atoms with E-state index in [1.54, 1.807) is 7.11 Å². The van der Waals surface area contributed by atoms with Gasteiger partial charge in [0.25, 0.3) is 5.82 Å². The first-order valence-corrected chi connectivity index (χ1v) is 9.77. The number of H-pyrrole nitrogens is 1. The third-order valence-electron chi connectivity index (χ3n) is 5.55. The molecule has 0 radical (unpaired) electrons. The fourth-order valence-electron chi connectivity index (χ4n) is 4.20. The molecule has 2 aromatic rings. The Balaban J connectivity index is 1.61. The highest BCUT2D eigenvalue weighted by molar-refractivity contribution is 5.98. The van der Waals surface area contributed by atoms with Gasteiger partial charge in [-0.1, -0.05) is 6.07 Å². The van der Waals surface area contributed by atoms with Gasteiger partial charge in [-0.25, -0.2) is 4.98 Å². The predicted octanol–water partition coefficient (Wildman–Crippen LogP) is 0.714. The molecule has 1 atom stereocenters. The molecule has 0 amide bonds. The second-order valence-corrected chi connectivity index (χ2v) is 7.54. The molecule has 0 saturated carbocycles. The molecular weight excluding hydrogens is 340 g/mol. The molecule has 0 spiro atoms. The van der Waals surface area contributed by atoms with Gasteiger partial charge in [-0.05, 0) is 32.9 Å². The summed E-state index contributed by atoms with van der Waals surface area (Å²) in [6.07, 6.45) is 1.96. The van der Waals surface area contributed by atoms with Crippen LogP contribution in [0, 0.1) is 13.8 Å². The molecule has 27 heavy (non-hydrogen) atoms. The highest BCUT2D eigenvalue weighted by atomic mass is 16.5. The third-order valence-corrected chi connectivity index (χ3v) is 5.55. The third kappa shape index (κ3) is 4.39. The van der Waals surface area contributed by atoms with Crippen LogP contribution >= 0.6 is 0 Å². The van der Waals surface area contributed by atoms with E-state index in [2.05, 4.69) is 40.4 Å². The summed E-state index contributed by atoms with van der Waals surface area (Å²) in [6, 6.07) is 8.42. The van der Waals surface area contributed by atoms with Gasteiger partial charge in [0.15, 0.2) is 0 Å². The number of Topliss-reactive ketones (excluding diaryl/α,β-unsaturated/α-hetero) is 1. The molecule has 0 aliphatic carbocycles. The standard InChI is InChI=1S/C21H30N4O2/c1-16-13-19(18(3)25(16)17(2)15-27-4)20(26)14-23-9-11-24(12-10-23)21-7-5-6-8-22-21/h5-8,13,17H,9-12,14-15H2,1-4H3/p+2/t17-/m0/s1. The Morgan fingerprint density at radius 3 is 2.67 bits per heavy atom. The fraction of sp³-hybridized carbons (Fsp3) is 0.524. The molecule has 0 aromatic carbocycles. The van der Waals surface area contributed by atoms with E-state index in [1.807, 2.05) is 25.3 Å². The minimum absolute atomic E-state index is 0.231. The Morgan fingerprint density at radius 2 is 2.04 bits per heavy atom. The normalized spacial score (nSPS) is 16.5. The minimum Gasteiger partial charge on any atom is -0.383 e. The van der Waals surface area contributed by atoms with Gasteiger partial charge in [0.05, 0.1) is 18.8 Å². The summed E-state index contributed by atoms with van der Waals surface area (Å²) in [5.41, 5.74) is 3.04. The maximum absolute atomic E-state index is 12.9. The number of methoxy groups -OCH3 is 1. The molecule has 6 heteroatoms. The molecular formula is C21H32N4O2+2. The summed E-state index contributed by atoms with van der Waals surface area (Å²) in [6.45, 7) is 11.3. The zero-order valence-electron chi connectivity index (χ0n) is 16.9. The Labute approximate surface area is 161 Å². The average molecular weight is 373 g/mol. The second kappa shape index (κ2) is 8.67. The number of anilines is 1. The van der Waals surface area contributed by atoms with Crippen LogP contribution in [0.1, 0.15) is 34.7 Å². The molecule has 1 aliphatic heterocycles. The van der Waals surface area contributed by atoms with Crippen molar-refractivity contribution in [1.29, 1.82) is 0 Å². The lowest BCUT2D eigenvalue weighted by atomic mass is 10.1. The van der Waals surface area contributed by atoms with E-state index >= 15 is 0 Å². The minimum atomic E-state index is 0.231. The molecule has 1 aliphatic rings. The number of nitrogens with one attached hydrogen (secondary N) is 2. The quantitative estimate of drug-likeness (QED) is 0.729. The highest BCUT2D eigenvalue weighted by Crippen LogP contribution is 2.21. The number of aryl methyl sites for hydroxylation is 1. The molecule has 2 N–H and O–H groups in total. The van der Waals surface area contributed by atoms with E-state index in [0.29, 0.717) is 13.2 Å². The molecule has 3 heterocycles.